The summed E-state index contributed by atoms with van der Waals surface area (Å²) in [5, 5.41) is 9.88. The van der Waals surface area contributed by atoms with Gasteiger partial charge in [0.2, 0.25) is 0 Å². The second-order valence-electron chi connectivity index (χ2n) is 4.96. The molecule has 20 heavy (non-hydrogen) atoms. The van der Waals surface area contributed by atoms with Crippen LogP contribution in [0.1, 0.15) is 22.6 Å². The molecule has 3 rings (SSSR count). The third kappa shape index (κ3) is 2.19. The minimum Gasteiger partial charge on any atom is -0.476 e. The second kappa shape index (κ2) is 4.92. The fraction of sp³-hybridized carbons (Fsp3) is 0.286. The van der Waals surface area contributed by atoms with Crippen molar-refractivity contribution < 1.29 is 9.90 Å². The van der Waals surface area contributed by atoms with Crippen LogP contribution in [0.3, 0.4) is 0 Å². The zero-order valence-corrected chi connectivity index (χ0v) is 11.5. The van der Waals surface area contributed by atoms with Crippen molar-refractivity contribution in [3.05, 3.63) is 40.7 Å². The number of hydrogen-bond acceptors (Lipinski definition) is 3. The van der Waals surface area contributed by atoms with Crippen LogP contribution in [-0.2, 0) is 13.0 Å². The molecule has 0 fully saturated rings. The third-order valence-corrected chi connectivity index (χ3v) is 3.76. The molecule has 0 saturated carbocycles. The first kappa shape index (κ1) is 13.1. The van der Waals surface area contributed by atoms with Crippen molar-refractivity contribution >= 4 is 17.6 Å². The maximum atomic E-state index is 11.3. The average molecular weight is 292 g/mol. The van der Waals surface area contributed by atoms with Crippen molar-refractivity contribution in [2.75, 3.05) is 0 Å². The van der Waals surface area contributed by atoms with E-state index in [2.05, 4.69) is 4.98 Å². The van der Waals surface area contributed by atoms with Gasteiger partial charge in [0.25, 0.3) is 0 Å². The fourth-order valence-electron chi connectivity index (χ4n) is 2.60. The maximum absolute atomic E-state index is 11.3. The molecule has 1 atom stereocenters. The summed E-state index contributed by atoms with van der Waals surface area (Å²) >= 11 is 6.00. The molecule has 0 saturated heterocycles. The summed E-state index contributed by atoms with van der Waals surface area (Å²) in [6.07, 6.45) is 1.41. The molecular formula is C14H14ClN3O2. The fourth-order valence-corrected chi connectivity index (χ4v) is 2.79. The number of nitrogens with two attached hydrogens (primary N) is 1. The first-order valence-corrected chi connectivity index (χ1v) is 6.78. The Balaban J connectivity index is 2.18. The van der Waals surface area contributed by atoms with Gasteiger partial charge in [0.05, 0.1) is 5.69 Å². The molecule has 0 radical (unpaired) electrons. The second-order valence-corrected chi connectivity index (χ2v) is 5.39. The van der Waals surface area contributed by atoms with Gasteiger partial charge >= 0.3 is 5.97 Å². The molecule has 1 aromatic carbocycles. The number of hydrogen-bond donors (Lipinski definition) is 2. The zero-order valence-electron chi connectivity index (χ0n) is 10.7. The Bertz CT molecular complexity index is 681. The van der Waals surface area contributed by atoms with Gasteiger partial charge in [-0.05, 0) is 25.0 Å². The molecule has 2 aromatic rings. The molecule has 5 nitrogen and oxygen atoms in total. The van der Waals surface area contributed by atoms with Crippen LogP contribution in [0.2, 0.25) is 5.02 Å². The molecule has 104 valence electrons. The minimum atomic E-state index is -1.00. The van der Waals surface area contributed by atoms with E-state index < -0.39 is 5.97 Å². The SMILES string of the molecule is NC1CCc2c(C(=O)O)nc(-c3cccc(Cl)c3)n2C1. The molecular weight excluding hydrogens is 278 g/mol. The predicted octanol–water partition coefficient (Wildman–Crippen LogP) is 2.18. The van der Waals surface area contributed by atoms with Gasteiger partial charge in [-0.2, -0.15) is 0 Å². The third-order valence-electron chi connectivity index (χ3n) is 3.53. The van der Waals surface area contributed by atoms with Crippen molar-refractivity contribution in [1.29, 1.82) is 0 Å². The van der Waals surface area contributed by atoms with Gasteiger partial charge in [-0.1, -0.05) is 23.7 Å². The molecule has 3 N–H and O–H groups in total. The van der Waals surface area contributed by atoms with Crippen molar-refractivity contribution in [3.8, 4) is 11.4 Å². The van der Waals surface area contributed by atoms with E-state index >= 15 is 0 Å². The van der Waals surface area contributed by atoms with Gasteiger partial charge in [-0.3, -0.25) is 0 Å². The molecule has 2 heterocycles. The van der Waals surface area contributed by atoms with Gasteiger partial charge < -0.3 is 15.4 Å². The van der Waals surface area contributed by atoms with Gasteiger partial charge in [0, 0.05) is 23.2 Å². The molecule has 0 aliphatic carbocycles. The Morgan fingerprint density at radius 1 is 1.50 bits per heavy atom. The summed E-state index contributed by atoms with van der Waals surface area (Å²) in [5.41, 5.74) is 7.66. The molecule has 6 heteroatoms. The van der Waals surface area contributed by atoms with Crippen molar-refractivity contribution in [1.82, 2.24) is 9.55 Å². The summed E-state index contributed by atoms with van der Waals surface area (Å²) in [5.74, 6) is -0.382. The lowest BCUT2D eigenvalue weighted by atomic mass is 10.0. The molecule has 0 bridgehead atoms. The monoisotopic (exact) mass is 291 g/mol. The molecule has 1 aliphatic rings. The quantitative estimate of drug-likeness (QED) is 0.888. The molecule has 0 spiro atoms. The van der Waals surface area contributed by atoms with Crippen LogP contribution >= 0.6 is 11.6 Å². The minimum absolute atomic E-state index is 0.0243. The maximum Gasteiger partial charge on any atom is 0.356 e. The van der Waals surface area contributed by atoms with Crippen molar-refractivity contribution in [2.24, 2.45) is 5.73 Å². The number of carboxylic acids is 1. The van der Waals surface area contributed by atoms with E-state index in [0.717, 1.165) is 17.7 Å². The van der Waals surface area contributed by atoms with E-state index in [1.54, 1.807) is 12.1 Å². The van der Waals surface area contributed by atoms with Crippen molar-refractivity contribution in [3.63, 3.8) is 0 Å². The summed E-state index contributed by atoms with van der Waals surface area (Å²) in [6, 6.07) is 7.27. The van der Waals surface area contributed by atoms with E-state index in [4.69, 9.17) is 17.3 Å². The Morgan fingerprint density at radius 2 is 2.30 bits per heavy atom. The van der Waals surface area contributed by atoms with Crippen LogP contribution in [0, 0.1) is 0 Å². The van der Waals surface area contributed by atoms with Gasteiger partial charge in [-0.15, -0.1) is 0 Å². The largest absolute Gasteiger partial charge is 0.476 e. The lowest BCUT2D eigenvalue weighted by Gasteiger charge is -2.22. The van der Waals surface area contributed by atoms with E-state index in [-0.39, 0.29) is 11.7 Å². The highest BCUT2D eigenvalue weighted by Gasteiger charge is 2.27. The predicted molar refractivity (Wildman–Crippen MR) is 75.9 cm³/mol. The van der Waals surface area contributed by atoms with E-state index in [1.807, 2.05) is 16.7 Å². The molecule has 1 aromatic heterocycles. The molecule has 1 unspecified atom stereocenters. The van der Waals surface area contributed by atoms with Crippen LogP contribution in [-0.4, -0.2) is 26.7 Å². The van der Waals surface area contributed by atoms with Gasteiger partial charge in [0.15, 0.2) is 5.69 Å². The summed E-state index contributed by atoms with van der Waals surface area (Å²) < 4.78 is 1.91. The Hall–Kier alpha value is -1.85. The topological polar surface area (TPSA) is 81.1 Å². The number of rotatable bonds is 2. The van der Waals surface area contributed by atoms with Gasteiger partial charge in [-0.25, -0.2) is 9.78 Å². The van der Waals surface area contributed by atoms with Gasteiger partial charge in [0.1, 0.15) is 5.82 Å². The summed E-state index contributed by atoms with van der Waals surface area (Å²) in [7, 11) is 0. The highest BCUT2D eigenvalue weighted by Crippen LogP contribution is 2.28. The summed E-state index contributed by atoms with van der Waals surface area (Å²) in [6.45, 7) is 0.581. The number of imidazole rings is 1. The van der Waals surface area contributed by atoms with Crippen LogP contribution in [0.4, 0.5) is 0 Å². The van der Waals surface area contributed by atoms with Crippen molar-refractivity contribution in [2.45, 2.75) is 25.4 Å². The standard InChI is InChI=1S/C14H14ClN3O2/c15-9-3-1-2-8(6-9)13-17-12(14(19)20)11-5-4-10(16)7-18(11)13/h1-3,6,10H,4-5,7,16H2,(H,19,20). The number of aromatic nitrogens is 2. The first-order valence-electron chi connectivity index (χ1n) is 6.40. The number of aromatic carboxylic acids is 1. The number of fused-ring (bicyclic) bond motifs is 1. The smallest absolute Gasteiger partial charge is 0.356 e. The molecule has 1 aliphatic heterocycles. The number of carboxylic acid groups (broad SMARTS) is 1. The number of nitrogens with zero attached hydrogens (tertiary/aromatic N) is 2. The van der Waals surface area contributed by atoms with Crippen LogP contribution in [0.25, 0.3) is 11.4 Å². The summed E-state index contributed by atoms with van der Waals surface area (Å²) in [4.78, 5) is 15.6. The highest BCUT2D eigenvalue weighted by atomic mass is 35.5. The molecule has 0 amide bonds. The normalized spacial score (nSPS) is 17.8. The van der Waals surface area contributed by atoms with Crippen LogP contribution < -0.4 is 5.73 Å². The zero-order chi connectivity index (χ0) is 14.3. The highest BCUT2D eigenvalue weighted by molar-refractivity contribution is 6.30. The lowest BCUT2D eigenvalue weighted by Crippen LogP contribution is -2.32. The van der Waals surface area contributed by atoms with E-state index in [1.165, 1.54) is 0 Å². The van der Waals surface area contributed by atoms with E-state index in [9.17, 15) is 9.90 Å². The number of carbonyl (C=O) groups is 1. The lowest BCUT2D eigenvalue weighted by molar-refractivity contribution is 0.0689. The first-order chi connectivity index (χ1) is 9.56. The number of halogens is 1. The Kier molecular flexibility index (Phi) is 3.23. The number of benzene rings is 1. The van der Waals surface area contributed by atoms with Crippen LogP contribution in [0.5, 0.6) is 0 Å². The Labute approximate surface area is 121 Å². The van der Waals surface area contributed by atoms with E-state index in [0.29, 0.717) is 23.8 Å². The van der Waals surface area contributed by atoms with Crippen LogP contribution in [0.15, 0.2) is 24.3 Å². The Morgan fingerprint density at radius 3 is 3.00 bits per heavy atom. The average Bonchev–Trinajstić information content (AvgIpc) is 2.77.